The summed E-state index contributed by atoms with van der Waals surface area (Å²) < 4.78 is 0. The standard InChI is InChI=1S/C14H23N3O4/c18-11-9-17(7-6-15-11)13(21)16-10-14(8-12(19)20)4-2-1-3-5-14/h1-10H2,(H,15,18)(H,16,21)(H,19,20). The molecule has 1 aliphatic carbocycles. The van der Waals surface area contributed by atoms with Gasteiger partial charge in [-0.05, 0) is 18.3 Å². The van der Waals surface area contributed by atoms with Crippen molar-refractivity contribution in [1.29, 1.82) is 0 Å². The molecule has 0 unspecified atom stereocenters. The number of carbonyl (C=O) groups excluding carboxylic acids is 2. The number of hydrogen-bond donors (Lipinski definition) is 3. The van der Waals surface area contributed by atoms with Crippen LogP contribution < -0.4 is 10.6 Å². The van der Waals surface area contributed by atoms with E-state index in [9.17, 15) is 14.4 Å². The molecule has 0 atom stereocenters. The first kappa shape index (κ1) is 15.6. The van der Waals surface area contributed by atoms with Gasteiger partial charge in [-0.25, -0.2) is 4.79 Å². The van der Waals surface area contributed by atoms with Crippen molar-refractivity contribution in [1.82, 2.24) is 15.5 Å². The molecule has 2 fully saturated rings. The smallest absolute Gasteiger partial charge is 0.317 e. The van der Waals surface area contributed by atoms with Gasteiger partial charge in [0.2, 0.25) is 5.91 Å². The Balaban J connectivity index is 1.90. The Kier molecular flexibility index (Phi) is 5.03. The summed E-state index contributed by atoms with van der Waals surface area (Å²) >= 11 is 0. The quantitative estimate of drug-likeness (QED) is 0.706. The molecular formula is C14H23N3O4. The van der Waals surface area contributed by atoms with Gasteiger partial charge in [-0.3, -0.25) is 9.59 Å². The number of aliphatic carboxylic acids is 1. The van der Waals surface area contributed by atoms with Crippen LogP contribution in [-0.4, -0.2) is 54.1 Å². The Morgan fingerprint density at radius 1 is 1.29 bits per heavy atom. The van der Waals surface area contributed by atoms with E-state index in [1.165, 1.54) is 4.90 Å². The van der Waals surface area contributed by atoms with Gasteiger partial charge in [0.15, 0.2) is 0 Å². The summed E-state index contributed by atoms with van der Waals surface area (Å²) in [5.41, 5.74) is -0.336. The molecule has 2 aliphatic rings. The summed E-state index contributed by atoms with van der Waals surface area (Å²) in [7, 11) is 0. The molecular weight excluding hydrogens is 274 g/mol. The molecule has 3 amide bonds. The first-order valence-electron chi connectivity index (χ1n) is 7.52. The fourth-order valence-electron chi connectivity index (χ4n) is 3.23. The van der Waals surface area contributed by atoms with Crippen LogP contribution in [0.1, 0.15) is 38.5 Å². The minimum atomic E-state index is -0.816. The van der Waals surface area contributed by atoms with Crippen LogP contribution in [0, 0.1) is 5.41 Å². The molecule has 1 saturated carbocycles. The first-order valence-corrected chi connectivity index (χ1v) is 7.52. The maximum absolute atomic E-state index is 12.1. The number of carbonyl (C=O) groups is 3. The number of piperazine rings is 1. The van der Waals surface area contributed by atoms with Crippen LogP contribution in [-0.2, 0) is 9.59 Å². The van der Waals surface area contributed by atoms with Gasteiger partial charge in [0, 0.05) is 19.6 Å². The molecule has 118 valence electrons. The van der Waals surface area contributed by atoms with Gasteiger partial charge < -0.3 is 20.6 Å². The van der Waals surface area contributed by atoms with Crippen molar-refractivity contribution >= 4 is 17.9 Å². The number of carboxylic acid groups (broad SMARTS) is 1. The Bertz CT molecular complexity index is 418. The van der Waals surface area contributed by atoms with Crippen molar-refractivity contribution in [2.45, 2.75) is 38.5 Å². The molecule has 0 aromatic rings. The van der Waals surface area contributed by atoms with E-state index in [1.807, 2.05) is 0 Å². The third-order valence-corrected chi connectivity index (χ3v) is 4.38. The van der Waals surface area contributed by atoms with Crippen LogP contribution in [0.25, 0.3) is 0 Å². The van der Waals surface area contributed by atoms with Crippen LogP contribution in [0.3, 0.4) is 0 Å². The molecule has 0 aromatic carbocycles. The summed E-state index contributed by atoms with van der Waals surface area (Å²) in [6.45, 7) is 1.39. The highest BCUT2D eigenvalue weighted by Gasteiger charge is 2.35. The maximum Gasteiger partial charge on any atom is 0.317 e. The molecule has 21 heavy (non-hydrogen) atoms. The number of urea groups is 1. The van der Waals surface area contributed by atoms with Crippen molar-refractivity contribution in [3.05, 3.63) is 0 Å². The van der Waals surface area contributed by atoms with E-state index in [1.54, 1.807) is 0 Å². The third kappa shape index (κ3) is 4.34. The molecule has 0 bridgehead atoms. The lowest BCUT2D eigenvalue weighted by atomic mass is 9.72. The van der Waals surface area contributed by atoms with Gasteiger partial charge in [0.1, 0.15) is 6.54 Å². The Labute approximate surface area is 124 Å². The van der Waals surface area contributed by atoms with E-state index in [-0.39, 0.29) is 30.3 Å². The number of amides is 3. The molecule has 1 saturated heterocycles. The minimum absolute atomic E-state index is 0.0672. The van der Waals surface area contributed by atoms with Crippen LogP contribution in [0.4, 0.5) is 4.79 Å². The Morgan fingerprint density at radius 3 is 2.62 bits per heavy atom. The second kappa shape index (κ2) is 6.78. The van der Waals surface area contributed by atoms with Crippen molar-refractivity contribution in [3.8, 4) is 0 Å². The monoisotopic (exact) mass is 297 g/mol. The minimum Gasteiger partial charge on any atom is -0.481 e. The summed E-state index contributed by atoms with van der Waals surface area (Å²) in [6.07, 6.45) is 4.90. The topological polar surface area (TPSA) is 98.7 Å². The average Bonchev–Trinajstić information content (AvgIpc) is 2.45. The zero-order chi connectivity index (χ0) is 15.3. The summed E-state index contributed by atoms with van der Waals surface area (Å²) in [6, 6.07) is -0.278. The van der Waals surface area contributed by atoms with E-state index in [0.29, 0.717) is 19.6 Å². The molecule has 0 aromatic heterocycles. The van der Waals surface area contributed by atoms with E-state index in [4.69, 9.17) is 5.11 Å². The summed E-state index contributed by atoms with van der Waals surface area (Å²) in [5, 5.41) is 14.6. The number of nitrogens with one attached hydrogen (secondary N) is 2. The lowest BCUT2D eigenvalue weighted by Gasteiger charge is -2.37. The zero-order valence-electron chi connectivity index (χ0n) is 12.2. The van der Waals surface area contributed by atoms with Crippen LogP contribution in [0.2, 0.25) is 0 Å². The second-order valence-electron chi connectivity index (χ2n) is 6.06. The Hall–Kier alpha value is -1.79. The largest absolute Gasteiger partial charge is 0.481 e. The SMILES string of the molecule is O=C(O)CC1(CNC(=O)N2CCNC(=O)C2)CCCCC1. The van der Waals surface area contributed by atoms with Gasteiger partial charge in [-0.15, -0.1) is 0 Å². The lowest BCUT2D eigenvalue weighted by molar-refractivity contribution is -0.140. The fourth-order valence-corrected chi connectivity index (χ4v) is 3.23. The van der Waals surface area contributed by atoms with Crippen molar-refractivity contribution in [3.63, 3.8) is 0 Å². The van der Waals surface area contributed by atoms with Gasteiger partial charge in [0.05, 0.1) is 6.42 Å². The zero-order valence-corrected chi connectivity index (χ0v) is 12.2. The average molecular weight is 297 g/mol. The summed E-state index contributed by atoms with van der Waals surface area (Å²) in [5.74, 6) is -0.974. The fraction of sp³-hybridized carbons (Fsp3) is 0.786. The van der Waals surface area contributed by atoms with Crippen molar-refractivity contribution in [2.24, 2.45) is 5.41 Å². The van der Waals surface area contributed by atoms with Gasteiger partial charge in [-0.2, -0.15) is 0 Å². The van der Waals surface area contributed by atoms with Gasteiger partial charge in [-0.1, -0.05) is 19.3 Å². The highest BCUT2D eigenvalue weighted by atomic mass is 16.4. The predicted molar refractivity (Wildman–Crippen MR) is 75.8 cm³/mol. The second-order valence-corrected chi connectivity index (χ2v) is 6.06. The van der Waals surface area contributed by atoms with Crippen LogP contribution in [0.5, 0.6) is 0 Å². The predicted octanol–water partition coefficient (Wildman–Crippen LogP) is 0.553. The van der Waals surface area contributed by atoms with Gasteiger partial charge in [0.25, 0.3) is 0 Å². The van der Waals surface area contributed by atoms with Gasteiger partial charge >= 0.3 is 12.0 Å². The van der Waals surface area contributed by atoms with Crippen molar-refractivity contribution < 1.29 is 19.5 Å². The highest BCUT2D eigenvalue weighted by molar-refractivity contribution is 5.85. The Morgan fingerprint density at radius 2 is 2.00 bits per heavy atom. The van der Waals surface area contributed by atoms with Crippen molar-refractivity contribution in [2.75, 3.05) is 26.2 Å². The number of rotatable bonds is 4. The van der Waals surface area contributed by atoms with E-state index in [2.05, 4.69) is 10.6 Å². The van der Waals surface area contributed by atoms with E-state index >= 15 is 0 Å². The lowest BCUT2D eigenvalue weighted by Crippen LogP contribution is -2.54. The number of hydrogen-bond acceptors (Lipinski definition) is 3. The molecule has 7 nitrogen and oxygen atoms in total. The molecule has 0 radical (unpaired) electrons. The molecule has 7 heteroatoms. The third-order valence-electron chi connectivity index (χ3n) is 4.38. The first-order chi connectivity index (χ1) is 10.0. The molecule has 1 heterocycles. The number of carboxylic acids is 1. The molecule has 3 N–H and O–H groups in total. The van der Waals surface area contributed by atoms with Crippen LogP contribution >= 0.6 is 0 Å². The summed E-state index contributed by atoms with van der Waals surface area (Å²) in [4.78, 5) is 35.9. The normalized spacial score (nSPS) is 21.5. The number of nitrogens with zero attached hydrogens (tertiary/aromatic N) is 1. The van der Waals surface area contributed by atoms with Crippen LogP contribution in [0.15, 0.2) is 0 Å². The molecule has 0 spiro atoms. The maximum atomic E-state index is 12.1. The molecule has 2 rings (SSSR count). The molecule has 1 aliphatic heterocycles. The highest BCUT2D eigenvalue weighted by Crippen LogP contribution is 2.38. The van der Waals surface area contributed by atoms with E-state index < -0.39 is 5.97 Å². The van der Waals surface area contributed by atoms with E-state index in [0.717, 1.165) is 32.1 Å².